The van der Waals surface area contributed by atoms with Crippen LogP contribution in [0, 0.1) is 11.8 Å². The summed E-state index contributed by atoms with van der Waals surface area (Å²) >= 11 is 5.75. The molecule has 1 saturated carbocycles. The predicted octanol–water partition coefficient (Wildman–Crippen LogP) is 3.19. The van der Waals surface area contributed by atoms with Crippen LogP contribution in [0.25, 0.3) is 0 Å². The molecular formula is C16H23ClN4O2. The first-order chi connectivity index (χ1) is 10.8. The molecule has 1 aliphatic heterocycles. The van der Waals surface area contributed by atoms with Crippen LogP contribution in [0.3, 0.4) is 0 Å². The van der Waals surface area contributed by atoms with Gasteiger partial charge in [0.25, 0.3) is 0 Å². The zero-order valence-corrected chi connectivity index (χ0v) is 14.5. The van der Waals surface area contributed by atoms with Crippen LogP contribution in [0.1, 0.15) is 33.6 Å². The van der Waals surface area contributed by atoms with E-state index in [0.717, 1.165) is 31.7 Å². The Morgan fingerprint density at radius 1 is 1.26 bits per heavy atom. The lowest BCUT2D eigenvalue weighted by atomic mass is 10.0. The summed E-state index contributed by atoms with van der Waals surface area (Å²) in [6, 6.07) is 3.95. The lowest BCUT2D eigenvalue weighted by Crippen LogP contribution is -2.36. The van der Waals surface area contributed by atoms with Crippen molar-refractivity contribution >= 4 is 23.5 Å². The molecule has 3 rings (SSSR count). The van der Waals surface area contributed by atoms with Crippen LogP contribution in [0.4, 0.5) is 10.6 Å². The van der Waals surface area contributed by atoms with Crippen molar-refractivity contribution in [2.24, 2.45) is 11.8 Å². The van der Waals surface area contributed by atoms with Gasteiger partial charge in [0.15, 0.2) is 5.15 Å². The molecule has 0 spiro atoms. The van der Waals surface area contributed by atoms with Crippen LogP contribution >= 0.6 is 11.6 Å². The molecule has 1 aromatic heterocycles. The van der Waals surface area contributed by atoms with Gasteiger partial charge in [-0.1, -0.05) is 11.6 Å². The lowest BCUT2D eigenvalue weighted by Gasteiger charge is -2.25. The fourth-order valence-electron chi connectivity index (χ4n) is 3.50. The first-order valence-corrected chi connectivity index (χ1v) is 8.41. The van der Waals surface area contributed by atoms with E-state index in [1.165, 1.54) is 0 Å². The molecule has 1 N–H and O–H groups in total. The molecule has 6 nitrogen and oxygen atoms in total. The van der Waals surface area contributed by atoms with Crippen molar-refractivity contribution in [3.63, 3.8) is 0 Å². The van der Waals surface area contributed by atoms with Crippen LogP contribution in [-0.4, -0.2) is 45.9 Å². The maximum Gasteiger partial charge on any atom is 0.410 e. The molecule has 23 heavy (non-hydrogen) atoms. The van der Waals surface area contributed by atoms with Crippen molar-refractivity contribution in [1.29, 1.82) is 0 Å². The summed E-state index contributed by atoms with van der Waals surface area (Å²) in [4.78, 5) is 14.0. The smallest absolute Gasteiger partial charge is 0.410 e. The normalized spacial score (nSPS) is 27.0. The highest BCUT2D eigenvalue weighted by Crippen LogP contribution is 2.39. The van der Waals surface area contributed by atoms with Crippen molar-refractivity contribution in [3.05, 3.63) is 17.3 Å². The number of nitrogens with one attached hydrogen (secondary N) is 1. The fraction of sp³-hybridized carbons (Fsp3) is 0.688. The zero-order chi connectivity index (χ0) is 16.6. The average Bonchev–Trinajstić information content (AvgIpc) is 2.97. The molecule has 0 radical (unpaired) electrons. The van der Waals surface area contributed by atoms with Crippen LogP contribution in [-0.2, 0) is 4.74 Å². The van der Waals surface area contributed by atoms with Crippen molar-refractivity contribution in [2.45, 2.75) is 45.3 Å². The third-order valence-corrected chi connectivity index (χ3v) is 4.59. The monoisotopic (exact) mass is 338 g/mol. The Morgan fingerprint density at radius 2 is 1.91 bits per heavy atom. The van der Waals surface area contributed by atoms with Crippen LogP contribution in [0.5, 0.6) is 0 Å². The topological polar surface area (TPSA) is 67.3 Å². The minimum absolute atomic E-state index is 0.194. The van der Waals surface area contributed by atoms with Gasteiger partial charge in [-0.05, 0) is 57.6 Å². The van der Waals surface area contributed by atoms with Crippen LogP contribution in [0.2, 0.25) is 5.15 Å². The van der Waals surface area contributed by atoms with Crippen LogP contribution < -0.4 is 5.32 Å². The molecule has 0 unspecified atom stereocenters. The Balaban J connectivity index is 1.51. The fourth-order valence-corrected chi connectivity index (χ4v) is 3.60. The number of rotatable bonds is 2. The standard InChI is InChI=1S/C16H23ClN4O2/c1-16(2,3)23-15(22)21-8-10-6-12(7-11(10)9-21)18-14-5-4-13(17)19-20-14/h4-5,10-12H,6-9H2,1-3H3,(H,18,20)/t10-,11+,12+. The summed E-state index contributed by atoms with van der Waals surface area (Å²) < 4.78 is 5.46. The third-order valence-electron chi connectivity index (χ3n) is 4.39. The Morgan fingerprint density at radius 3 is 2.43 bits per heavy atom. The number of hydrogen-bond donors (Lipinski definition) is 1. The van der Waals surface area contributed by atoms with Crippen molar-refractivity contribution in [1.82, 2.24) is 15.1 Å². The Kier molecular flexibility index (Phi) is 4.36. The van der Waals surface area contributed by atoms with Gasteiger partial charge in [-0.2, -0.15) is 0 Å². The van der Waals surface area contributed by atoms with Crippen molar-refractivity contribution < 1.29 is 9.53 Å². The zero-order valence-electron chi connectivity index (χ0n) is 13.8. The van der Waals surface area contributed by atoms with E-state index in [4.69, 9.17) is 16.3 Å². The van der Waals surface area contributed by atoms with Gasteiger partial charge in [-0.15, -0.1) is 10.2 Å². The van der Waals surface area contributed by atoms with E-state index in [9.17, 15) is 4.79 Å². The molecule has 2 heterocycles. The number of fused-ring (bicyclic) bond motifs is 1. The first kappa shape index (κ1) is 16.3. The largest absolute Gasteiger partial charge is 0.444 e. The lowest BCUT2D eigenvalue weighted by molar-refractivity contribution is 0.0280. The summed E-state index contributed by atoms with van der Waals surface area (Å²) in [7, 11) is 0. The van der Waals surface area contributed by atoms with E-state index >= 15 is 0 Å². The number of carbonyl (C=O) groups excluding carboxylic acids is 1. The number of aromatic nitrogens is 2. The molecule has 1 aromatic rings. The number of hydrogen-bond acceptors (Lipinski definition) is 5. The SMILES string of the molecule is CC(C)(C)OC(=O)N1C[C@H]2C[C@H](Nc3ccc(Cl)nn3)C[C@H]2C1. The van der Waals surface area contributed by atoms with E-state index in [1.54, 1.807) is 6.07 Å². The molecule has 1 saturated heterocycles. The summed E-state index contributed by atoms with van der Waals surface area (Å²) in [6.07, 6.45) is 1.88. The van der Waals surface area contributed by atoms with E-state index in [-0.39, 0.29) is 6.09 Å². The highest BCUT2D eigenvalue weighted by atomic mass is 35.5. The van der Waals surface area contributed by atoms with Gasteiger partial charge in [0.2, 0.25) is 0 Å². The number of likely N-dealkylation sites (tertiary alicyclic amines) is 1. The first-order valence-electron chi connectivity index (χ1n) is 8.04. The molecule has 3 atom stereocenters. The molecule has 2 fully saturated rings. The second-order valence-corrected chi connectivity index (χ2v) is 7.85. The van der Waals surface area contributed by atoms with Gasteiger partial charge in [0.05, 0.1) is 0 Å². The second kappa shape index (κ2) is 6.15. The Bertz CT molecular complexity index is 558. The number of ether oxygens (including phenoxy) is 1. The quantitative estimate of drug-likeness (QED) is 0.897. The summed E-state index contributed by atoms with van der Waals surface area (Å²) in [6.45, 7) is 7.26. The number of nitrogens with zero attached hydrogens (tertiary/aromatic N) is 3. The van der Waals surface area contributed by atoms with Crippen molar-refractivity contribution in [3.8, 4) is 0 Å². The number of amides is 1. The molecule has 2 aliphatic rings. The molecule has 1 amide bonds. The summed E-state index contributed by atoms with van der Waals surface area (Å²) in [5, 5.41) is 11.7. The molecular weight excluding hydrogens is 316 g/mol. The minimum Gasteiger partial charge on any atom is -0.444 e. The number of anilines is 1. The summed E-state index contributed by atoms with van der Waals surface area (Å²) in [5.74, 6) is 1.81. The average molecular weight is 339 g/mol. The van der Waals surface area contributed by atoms with Gasteiger partial charge >= 0.3 is 6.09 Å². The number of halogens is 1. The van der Waals surface area contributed by atoms with E-state index in [0.29, 0.717) is 23.0 Å². The second-order valence-electron chi connectivity index (χ2n) is 7.46. The van der Waals surface area contributed by atoms with Gasteiger partial charge in [-0.3, -0.25) is 0 Å². The third kappa shape index (κ3) is 4.05. The molecule has 0 aromatic carbocycles. The van der Waals surface area contributed by atoms with Crippen LogP contribution in [0.15, 0.2) is 12.1 Å². The van der Waals surface area contributed by atoms with E-state index in [1.807, 2.05) is 31.7 Å². The number of carbonyl (C=O) groups is 1. The maximum atomic E-state index is 12.2. The highest BCUT2D eigenvalue weighted by molar-refractivity contribution is 6.29. The summed E-state index contributed by atoms with van der Waals surface area (Å²) in [5.41, 5.74) is -0.438. The minimum atomic E-state index is -0.438. The Labute approximate surface area is 141 Å². The van der Waals surface area contributed by atoms with Gasteiger partial charge < -0.3 is 15.0 Å². The van der Waals surface area contributed by atoms with Gasteiger partial charge in [0.1, 0.15) is 11.4 Å². The molecule has 0 bridgehead atoms. The van der Waals surface area contributed by atoms with Gasteiger partial charge in [-0.25, -0.2) is 4.79 Å². The predicted molar refractivity (Wildman–Crippen MR) is 88.5 cm³/mol. The van der Waals surface area contributed by atoms with E-state index < -0.39 is 5.60 Å². The highest BCUT2D eigenvalue weighted by Gasteiger charge is 2.43. The van der Waals surface area contributed by atoms with Crippen molar-refractivity contribution in [2.75, 3.05) is 18.4 Å². The molecule has 7 heteroatoms. The molecule has 126 valence electrons. The van der Waals surface area contributed by atoms with Gasteiger partial charge in [0, 0.05) is 19.1 Å². The maximum absolute atomic E-state index is 12.2. The molecule has 1 aliphatic carbocycles. The Hall–Kier alpha value is -1.56. The van der Waals surface area contributed by atoms with E-state index in [2.05, 4.69) is 15.5 Å².